The number of fused-ring (bicyclic) bond motifs is 1. The molecule has 0 atom stereocenters. The van der Waals surface area contributed by atoms with Crippen molar-refractivity contribution in [3.05, 3.63) is 35.4 Å². The van der Waals surface area contributed by atoms with Crippen LogP contribution >= 0.6 is 12.2 Å². The summed E-state index contributed by atoms with van der Waals surface area (Å²) in [4.78, 5) is 3.28. The Labute approximate surface area is 84.4 Å². The molecule has 0 unspecified atom stereocenters. The molecule has 1 nitrogen and oxygen atoms in total. The van der Waals surface area contributed by atoms with Crippen LogP contribution in [0.1, 0.15) is 18.1 Å². The van der Waals surface area contributed by atoms with Crippen molar-refractivity contribution in [1.29, 1.82) is 0 Å². The highest BCUT2D eigenvalue weighted by Gasteiger charge is 2.18. The molecule has 1 aromatic carbocycles. The zero-order valence-electron chi connectivity index (χ0n) is 7.79. The Morgan fingerprint density at radius 3 is 2.92 bits per heavy atom. The SMILES string of the molecule is CCN1CCc2ccccc2C1=S. The number of hydrogen-bond acceptors (Lipinski definition) is 1. The largest absolute Gasteiger partial charge is 0.362 e. The van der Waals surface area contributed by atoms with Gasteiger partial charge in [-0.3, -0.25) is 0 Å². The molecule has 0 N–H and O–H groups in total. The standard InChI is InChI=1S/C11H13NS/c1-2-12-8-7-9-5-3-4-6-10(9)11(12)13/h3-6H,2,7-8H2,1H3. The molecule has 1 aromatic rings. The summed E-state index contributed by atoms with van der Waals surface area (Å²) in [5, 5.41) is 0. The second-order valence-electron chi connectivity index (χ2n) is 3.29. The first-order valence-corrected chi connectivity index (χ1v) is 5.11. The van der Waals surface area contributed by atoms with Crippen LogP contribution < -0.4 is 0 Å². The van der Waals surface area contributed by atoms with E-state index in [1.165, 1.54) is 11.1 Å². The highest BCUT2D eigenvalue weighted by Crippen LogP contribution is 2.18. The van der Waals surface area contributed by atoms with Gasteiger partial charge >= 0.3 is 0 Å². The lowest BCUT2D eigenvalue weighted by molar-refractivity contribution is 0.443. The van der Waals surface area contributed by atoms with Gasteiger partial charge in [0.05, 0.1) is 0 Å². The van der Waals surface area contributed by atoms with Gasteiger partial charge in [-0.05, 0) is 18.9 Å². The smallest absolute Gasteiger partial charge is 0.109 e. The zero-order chi connectivity index (χ0) is 9.26. The maximum absolute atomic E-state index is 5.41. The lowest BCUT2D eigenvalue weighted by atomic mass is 10.00. The van der Waals surface area contributed by atoms with E-state index in [0.717, 1.165) is 24.5 Å². The monoisotopic (exact) mass is 191 g/mol. The van der Waals surface area contributed by atoms with Crippen LogP contribution in [-0.4, -0.2) is 23.0 Å². The Hall–Kier alpha value is -0.890. The molecule has 0 saturated carbocycles. The summed E-state index contributed by atoms with van der Waals surface area (Å²) in [7, 11) is 0. The van der Waals surface area contributed by atoms with Crippen molar-refractivity contribution < 1.29 is 0 Å². The van der Waals surface area contributed by atoms with Crippen molar-refractivity contribution in [1.82, 2.24) is 4.90 Å². The molecule has 2 heteroatoms. The molecule has 1 heterocycles. The summed E-state index contributed by atoms with van der Waals surface area (Å²) in [6, 6.07) is 8.45. The van der Waals surface area contributed by atoms with Crippen molar-refractivity contribution in [2.45, 2.75) is 13.3 Å². The van der Waals surface area contributed by atoms with Gasteiger partial charge in [0.25, 0.3) is 0 Å². The van der Waals surface area contributed by atoms with Gasteiger partial charge in [0.2, 0.25) is 0 Å². The van der Waals surface area contributed by atoms with E-state index < -0.39 is 0 Å². The Balaban J connectivity index is 2.39. The predicted octanol–water partition coefficient (Wildman–Crippen LogP) is 2.24. The summed E-state index contributed by atoms with van der Waals surface area (Å²) in [6.45, 7) is 4.25. The Bertz CT molecular complexity index is 333. The summed E-state index contributed by atoms with van der Waals surface area (Å²) < 4.78 is 0. The van der Waals surface area contributed by atoms with Crippen LogP contribution in [0.2, 0.25) is 0 Å². The summed E-state index contributed by atoms with van der Waals surface area (Å²) in [5.41, 5.74) is 2.66. The van der Waals surface area contributed by atoms with Crippen molar-refractivity contribution in [3.8, 4) is 0 Å². The van der Waals surface area contributed by atoms with Gasteiger partial charge in [0.15, 0.2) is 0 Å². The summed E-state index contributed by atoms with van der Waals surface area (Å²) in [6.07, 6.45) is 1.13. The Morgan fingerprint density at radius 2 is 2.15 bits per heavy atom. The van der Waals surface area contributed by atoms with Crippen LogP contribution in [0.25, 0.3) is 0 Å². The number of thiocarbonyl (C=S) groups is 1. The van der Waals surface area contributed by atoms with Crippen LogP contribution in [0.3, 0.4) is 0 Å². The van der Waals surface area contributed by atoms with Gasteiger partial charge in [-0.25, -0.2) is 0 Å². The molecule has 1 aliphatic rings. The third-order valence-electron chi connectivity index (χ3n) is 2.57. The molecule has 2 rings (SSSR count). The first-order chi connectivity index (χ1) is 6.33. The summed E-state index contributed by atoms with van der Waals surface area (Å²) >= 11 is 5.41. The maximum atomic E-state index is 5.41. The fourth-order valence-corrected chi connectivity index (χ4v) is 2.20. The maximum Gasteiger partial charge on any atom is 0.109 e. The highest BCUT2D eigenvalue weighted by atomic mass is 32.1. The minimum atomic E-state index is 1.02. The molecule has 0 bridgehead atoms. The second kappa shape index (κ2) is 3.46. The second-order valence-corrected chi connectivity index (χ2v) is 3.68. The third-order valence-corrected chi connectivity index (χ3v) is 3.05. The van der Waals surface area contributed by atoms with Crippen molar-refractivity contribution >= 4 is 17.2 Å². The van der Waals surface area contributed by atoms with Crippen molar-refractivity contribution in [2.75, 3.05) is 13.1 Å². The van der Waals surface area contributed by atoms with Gasteiger partial charge in [-0.1, -0.05) is 36.5 Å². The molecule has 0 aliphatic carbocycles. The van der Waals surface area contributed by atoms with E-state index in [2.05, 4.69) is 36.1 Å². The van der Waals surface area contributed by atoms with Gasteiger partial charge in [0, 0.05) is 18.7 Å². The van der Waals surface area contributed by atoms with E-state index in [4.69, 9.17) is 12.2 Å². The highest BCUT2D eigenvalue weighted by molar-refractivity contribution is 7.80. The van der Waals surface area contributed by atoms with Gasteiger partial charge in [0.1, 0.15) is 4.99 Å². The number of hydrogen-bond donors (Lipinski definition) is 0. The topological polar surface area (TPSA) is 3.24 Å². The van der Waals surface area contributed by atoms with E-state index in [1.807, 2.05) is 0 Å². The van der Waals surface area contributed by atoms with Crippen LogP contribution in [0.4, 0.5) is 0 Å². The molecule has 0 spiro atoms. The van der Waals surface area contributed by atoms with E-state index in [9.17, 15) is 0 Å². The molecule has 0 radical (unpaired) electrons. The van der Waals surface area contributed by atoms with Crippen molar-refractivity contribution in [3.63, 3.8) is 0 Å². The van der Waals surface area contributed by atoms with Crippen LogP contribution in [0.15, 0.2) is 24.3 Å². The van der Waals surface area contributed by atoms with Gasteiger partial charge in [-0.2, -0.15) is 0 Å². The molecular weight excluding hydrogens is 178 g/mol. The van der Waals surface area contributed by atoms with Crippen LogP contribution in [-0.2, 0) is 6.42 Å². The van der Waals surface area contributed by atoms with Gasteiger partial charge in [-0.15, -0.1) is 0 Å². The van der Waals surface area contributed by atoms with Crippen LogP contribution in [0, 0.1) is 0 Å². The predicted molar refractivity (Wildman–Crippen MR) is 59.1 cm³/mol. The quantitative estimate of drug-likeness (QED) is 0.626. The summed E-state index contributed by atoms with van der Waals surface area (Å²) in [5.74, 6) is 0. The average Bonchev–Trinajstić information content (AvgIpc) is 2.19. The molecular formula is C11H13NS. The number of benzene rings is 1. The van der Waals surface area contributed by atoms with E-state index in [0.29, 0.717) is 0 Å². The van der Waals surface area contributed by atoms with E-state index in [-0.39, 0.29) is 0 Å². The Morgan fingerprint density at radius 1 is 1.38 bits per heavy atom. The van der Waals surface area contributed by atoms with Crippen molar-refractivity contribution in [2.24, 2.45) is 0 Å². The van der Waals surface area contributed by atoms with Gasteiger partial charge < -0.3 is 4.90 Å². The molecule has 68 valence electrons. The minimum absolute atomic E-state index is 1.02. The average molecular weight is 191 g/mol. The zero-order valence-corrected chi connectivity index (χ0v) is 8.60. The molecule has 0 saturated heterocycles. The lowest BCUT2D eigenvalue weighted by Gasteiger charge is -2.29. The molecule has 0 fully saturated rings. The molecule has 0 aromatic heterocycles. The third kappa shape index (κ3) is 1.46. The number of rotatable bonds is 1. The van der Waals surface area contributed by atoms with E-state index in [1.54, 1.807) is 0 Å². The fraction of sp³-hybridized carbons (Fsp3) is 0.364. The number of likely N-dealkylation sites (N-methyl/N-ethyl adjacent to an activating group) is 1. The van der Waals surface area contributed by atoms with Crippen LogP contribution in [0.5, 0.6) is 0 Å². The molecule has 0 amide bonds. The number of nitrogens with zero attached hydrogens (tertiary/aromatic N) is 1. The first-order valence-electron chi connectivity index (χ1n) is 4.70. The lowest BCUT2D eigenvalue weighted by Crippen LogP contribution is -2.36. The Kier molecular flexibility index (Phi) is 2.32. The normalized spacial score (nSPS) is 15.8. The van der Waals surface area contributed by atoms with E-state index >= 15 is 0 Å². The fourth-order valence-electron chi connectivity index (χ4n) is 1.78. The molecule has 13 heavy (non-hydrogen) atoms. The minimum Gasteiger partial charge on any atom is -0.362 e. The molecule has 1 aliphatic heterocycles. The first kappa shape index (κ1) is 8.70.